The van der Waals surface area contributed by atoms with E-state index in [1.165, 1.54) is 12.1 Å². The number of amides is 1. The standard InChI is InChI=1S/C12H16F2N2O2/c1-8(11(15)17)16(2)7-9-3-5-10(6-4-9)18-12(13)14/h3-6,8,12H,7H2,1-2H3,(H2,15,17)/t8-/m1/s1. The number of halogens is 2. The fourth-order valence-electron chi connectivity index (χ4n) is 1.42. The van der Waals surface area contributed by atoms with Crippen molar-refractivity contribution in [2.75, 3.05) is 7.05 Å². The molecule has 0 radical (unpaired) electrons. The lowest BCUT2D eigenvalue weighted by atomic mass is 10.2. The van der Waals surface area contributed by atoms with Crippen LogP contribution in [0.2, 0.25) is 0 Å². The molecule has 0 aliphatic carbocycles. The van der Waals surface area contributed by atoms with Crippen molar-refractivity contribution in [1.29, 1.82) is 0 Å². The maximum absolute atomic E-state index is 11.9. The van der Waals surface area contributed by atoms with Gasteiger partial charge < -0.3 is 10.5 Å². The van der Waals surface area contributed by atoms with Crippen LogP contribution in [0.25, 0.3) is 0 Å². The number of hydrogen-bond donors (Lipinski definition) is 1. The van der Waals surface area contributed by atoms with E-state index in [0.717, 1.165) is 5.56 Å². The van der Waals surface area contributed by atoms with Crippen molar-refractivity contribution in [3.8, 4) is 5.75 Å². The summed E-state index contributed by atoms with van der Waals surface area (Å²) in [6.07, 6.45) is 0. The summed E-state index contributed by atoms with van der Waals surface area (Å²) in [4.78, 5) is 12.8. The molecule has 1 aromatic rings. The molecule has 0 aliphatic rings. The molecular weight excluding hydrogens is 242 g/mol. The minimum atomic E-state index is -2.83. The number of rotatable bonds is 6. The van der Waals surface area contributed by atoms with E-state index >= 15 is 0 Å². The van der Waals surface area contributed by atoms with Gasteiger partial charge in [0.1, 0.15) is 5.75 Å². The highest BCUT2D eigenvalue weighted by molar-refractivity contribution is 5.79. The monoisotopic (exact) mass is 258 g/mol. The van der Waals surface area contributed by atoms with Crippen LogP contribution in [0.15, 0.2) is 24.3 Å². The van der Waals surface area contributed by atoms with E-state index in [-0.39, 0.29) is 11.8 Å². The highest BCUT2D eigenvalue weighted by Gasteiger charge is 2.14. The molecule has 0 fully saturated rings. The van der Waals surface area contributed by atoms with Crippen LogP contribution in [-0.2, 0) is 11.3 Å². The van der Waals surface area contributed by atoms with E-state index in [1.54, 1.807) is 31.0 Å². The Balaban J connectivity index is 2.60. The van der Waals surface area contributed by atoms with Gasteiger partial charge in [0.25, 0.3) is 0 Å². The number of benzene rings is 1. The second kappa shape index (κ2) is 6.30. The molecule has 1 rings (SSSR count). The second-order valence-electron chi connectivity index (χ2n) is 4.02. The number of nitrogens with two attached hydrogens (primary N) is 1. The molecule has 0 bridgehead atoms. The van der Waals surface area contributed by atoms with Crippen LogP contribution < -0.4 is 10.5 Å². The van der Waals surface area contributed by atoms with E-state index < -0.39 is 12.5 Å². The third kappa shape index (κ3) is 4.29. The molecule has 100 valence electrons. The quantitative estimate of drug-likeness (QED) is 0.843. The molecule has 0 saturated carbocycles. The van der Waals surface area contributed by atoms with Crippen molar-refractivity contribution in [3.05, 3.63) is 29.8 Å². The Hall–Kier alpha value is -1.69. The molecule has 0 unspecified atom stereocenters. The third-order valence-electron chi connectivity index (χ3n) is 2.65. The Bertz CT molecular complexity index is 396. The van der Waals surface area contributed by atoms with Gasteiger partial charge in [-0.2, -0.15) is 8.78 Å². The highest BCUT2D eigenvalue weighted by Crippen LogP contribution is 2.16. The van der Waals surface area contributed by atoms with Gasteiger partial charge in [-0.15, -0.1) is 0 Å². The van der Waals surface area contributed by atoms with Crippen LogP contribution in [0.5, 0.6) is 5.75 Å². The molecule has 0 aliphatic heterocycles. The Morgan fingerprint density at radius 3 is 2.39 bits per heavy atom. The number of likely N-dealkylation sites (N-methyl/N-ethyl adjacent to an activating group) is 1. The molecule has 1 atom stereocenters. The first-order valence-electron chi connectivity index (χ1n) is 5.43. The van der Waals surface area contributed by atoms with Gasteiger partial charge in [0.2, 0.25) is 5.91 Å². The zero-order chi connectivity index (χ0) is 13.7. The average molecular weight is 258 g/mol. The molecule has 2 N–H and O–H groups in total. The van der Waals surface area contributed by atoms with Crippen molar-refractivity contribution in [2.24, 2.45) is 5.73 Å². The first-order valence-corrected chi connectivity index (χ1v) is 5.43. The fourth-order valence-corrected chi connectivity index (χ4v) is 1.42. The number of ether oxygens (including phenoxy) is 1. The molecule has 0 saturated heterocycles. The van der Waals surface area contributed by atoms with Gasteiger partial charge in [-0.3, -0.25) is 9.69 Å². The maximum atomic E-state index is 11.9. The van der Waals surface area contributed by atoms with Crippen molar-refractivity contribution in [1.82, 2.24) is 4.90 Å². The smallest absolute Gasteiger partial charge is 0.387 e. The van der Waals surface area contributed by atoms with Crippen molar-refractivity contribution >= 4 is 5.91 Å². The minimum absolute atomic E-state index is 0.111. The van der Waals surface area contributed by atoms with E-state index in [1.807, 2.05) is 0 Å². The molecule has 6 heteroatoms. The Labute approximate surface area is 104 Å². The Morgan fingerprint density at radius 1 is 1.39 bits per heavy atom. The topological polar surface area (TPSA) is 55.6 Å². The fraction of sp³-hybridized carbons (Fsp3) is 0.417. The summed E-state index contributed by atoms with van der Waals surface area (Å²) < 4.78 is 28.1. The first-order chi connectivity index (χ1) is 8.40. The van der Waals surface area contributed by atoms with Crippen molar-refractivity contribution in [2.45, 2.75) is 26.1 Å². The van der Waals surface area contributed by atoms with Crippen molar-refractivity contribution in [3.63, 3.8) is 0 Å². The SMILES string of the molecule is C[C@H](C(N)=O)N(C)Cc1ccc(OC(F)F)cc1. The van der Waals surface area contributed by atoms with Gasteiger partial charge in [-0.25, -0.2) is 0 Å². The summed E-state index contributed by atoms with van der Waals surface area (Å²) in [6, 6.07) is 5.88. The summed E-state index contributed by atoms with van der Waals surface area (Å²) in [5, 5.41) is 0. The minimum Gasteiger partial charge on any atom is -0.435 e. The normalized spacial score (nSPS) is 12.8. The van der Waals surface area contributed by atoms with Gasteiger partial charge in [0.05, 0.1) is 6.04 Å². The van der Waals surface area contributed by atoms with Gasteiger partial charge in [-0.1, -0.05) is 12.1 Å². The molecule has 1 aromatic carbocycles. The first kappa shape index (κ1) is 14.4. The van der Waals surface area contributed by atoms with Crippen LogP contribution in [0.4, 0.5) is 8.78 Å². The Kier molecular flexibility index (Phi) is 5.03. The largest absolute Gasteiger partial charge is 0.435 e. The molecular formula is C12H16F2N2O2. The summed E-state index contributed by atoms with van der Waals surface area (Å²) in [5.41, 5.74) is 6.07. The molecule has 18 heavy (non-hydrogen) atoms. The highest BCUT2D eigenvalue weighted by atomic mass is 19.3. The number of alkyl halides is 2. The number of nitrogens with zero attached hydrogens (tertiary/aromatic N) is 1. The third-order valence-corrected chi connectivity index (χ3v) is 2.65. The van der Waals surface area contributed by atoms with E-state index in [2.05, 4.69) is 4.74 Å². The number of primary amides is 1. The van der Waals surface area contributed by atoms with Crippen LogP contribution >= 0.6 is 0 Å². The van der Waals surface area contributed by atoms with E-state index in [4.69, 9.17) is 5.73 Å². The molecule has 0 heterocycles. The summed E-state index contributed by atoms with van der Waals surface area (Å²) in [6.45, 7) is -0.622. The van der Waals surface area contributed by atoms with Crippen LogP contribution in [0.3, 0.4) is 0 Å². The van der Waals surface area contributed by atoms with Gasteiger partial charge >= 0.3 is 6.61 Å². The van der Waals surface area contributed by atoms with E-state index in [0.29, 0.717) is 6.54 Å². The van der Waals surface area contributed by atoms with Crippen LogP contribution in [0, 0.1) is 0 Å². The number of hydrogen-bond acceptors (Lipinski definition) is 3. The Morgan fingerprint density at radius 2 is 1.94 bits per heavy atom. The van der Waals surface area contributed by atoms with E-state index in [9.17, 15) is 13.6 Å². The zero-order valence-electron chi connectivity index (χ0n) is 10.3. The predicted molar refractivity (Wildman–Crippen MR) is 63.2 cm³/mol. The lowest BCUT2D eigenvalue weighted by molar-refractivity contribution is -0.122. The average Bonchev–Trinajstić information content (AvgIpc) is 2.29. The van der Waals surface area contributed by atoms with Crippen molar-refractivity contribution < 1.29 is 18.3 Å². The predicted octanol–water partition coefficient (Wildman–Crippen LogP) is 1.59. The maximum Gasteiger partial charge on any atom is 0.387 e. The number of carbonyl (C=O) groups excluding carboxylic acids is 1. The molecule has 0 spiro atoms. The van der Waals surface area contributed by atoms with Gasteiger partial charge in [0.15, 0.2) is 0 Å². The summed E-state index contributed by atoms with van der Waals surface area (Å²) in [5.74, 6) is -0.297. The van der Waals surface area contributed by atoms with Gasteiger partial charge in [-0.05, 0) is 31.7 Å². The zero-order valence-corrected chi connectivity index (χ0v) is 10.3. The van der Waals surface area contributed by atoms with Gasteiger partial charge in [0, 0.05) is 6.54 Å². The molecule has 4 nitrogen and oxygen atoms in total. The molecule has 0 aromatic heterocycles. The second-order valence-corrected chi connectivity index (χ2v) is 4.02. The lowest BCUT2D eigenvalue weighted by Gasteiger charge is -2.21. The molecule has 1 amide bonds. The summed E-state index contributed by atoms with van der Waals surface area (Å²) >= 11 is 0. The lowest BCUT2D eigenvalue weighted by Crippen LogP contribution is -2.39. The summed E-state index contributed by atoms with van der Waals surface area (Å²) in [7, 11) is 1.76. The van der Waals surface area contributed by atoms with Crippen LogP contribution in [-0.4, -0.2) is 30.5 Å². The van der Waals surface area contributed by atoms with Crippen LogP contribution in [0.1, 0.15) is 12.5 Å². The number of carbonyl (C=O) groups is 1.